The van der Waals surface area contributed by atoms with Crippen molar-refractivity contribution < 1.29 is 4.79 Å². The molecule has 1 heterocycles. The lowest BCUT2D eigenvalue weighted by Gasteiger charge is -2.06. The average Bonchev–Trinajstić information content (AvgIpc) is 2.50. The predicted octanol–water partition coefficient (Wildman–Crippen LogP) is 1.49. The molecule has 1 N–H and O–H groups in total. The number of nitrogens with zero attached hydrogens (tertiary/aromatic N) is 3. The number of benzene rings is 1. The van der Waals surface area contributed by atoms with Gasteiger partial charge in [-0.15, -0.1) is 5.10 Å². The molecule has 2 rings (SSSR count). The highest BCUT2D eigenvalue weighted by Gasteiger charge is 2.08. The molecule has 1 aromatic heterocycles. The van der Waals surface area contributed by atoms with Crippen molar-refractivity contribution in [1.29, 1.82) is 0 Å². The van der Waals surface area contributed by atoms with E-state index in [1.165, 1.54) is 6.42 Å². The molecule has 0 saturated heterocycles. The second-order valence-corrected chi connectivity index (χ2v) is 4.98. The van der Waals surface area contributed by atoms with Crippen molar-refractivity contribution in [2.24, 2.45) is 0 Å². The van der Waals surface area contributed by atoms with Crippen molar-refractivity contribution in [2.45, 2.75) is 39.2 Å². The van der Waals surface area contributed by atoms with Crippen LogP contribution in [-0.2, 0) is 11.3 Å². The van der Waals surface area contributed by atoms with E-state index in [0.717, 1.165) is 23.9 Å². The zero-order valence-electron chi connectivity index (χ0n) is 12.2. The van der Waals surface area contributed by atoms with Crippen LogP contribution in [0.25, 0.3) is 10.9 Å². The number of fused-ring (bicyclic) bond motifs is 1. The fourth-order valence-corrected chi connectivity index (χ4v) is 2.10. The Kier molecular flexibility index (Phi) is 5.43. The number of carbonyl (C=O) groups is 1. The third-order valence-electron chi connectivity index (χ3n) is 3.28. The topological polar surface area (TPSA) is 76.9 Å². The van der Waals surface area contributed by atoms with Gasteiger partial charge in [-0.1, -0.05) is 43.5 Å². The van der Waals surface area contributed by atoms with Crippen LogP contribution in [0.1, 0.15) is 32.6 Å². The van der Waals surface area contributed by atoms with Crippen molar-refractivity contribution in [3.05, 3.63) is 34.6 Å². The Bertz CT molecular complexity index is 666. The van der Waals surface area contributed by atoms with Gasteiger partial charge in [0.1, 0.15) is 12.1 Å². The number of rotatable bonds is 7. The molecule has 6 heteroatoms. The standard InChI is InChI=1S/C15H20N4O2/c1-2-3-4-7-10-16-14(20)11-19-15(21)12-8-5-6-9-13(12)17-18-19/h5-6,8-9H,2-4,7,10-11H2,1H3,(H,16,20). The van der Waals surface area contributed by atoms with Gasteiger partial charge < -0.3 is 5.32 Å². The molecule has 21 heavy (non-hydrogen) atoms. The van der Waals surface area contributed by atoms with Crippen LogP contribution in [-0.4, -0.2) is 27.4 Å². The molecule has 112 valence electrons. The molecule has 2 aromatic rings. The molecular weight excluding hydrogens is 268 g/mol. The van der Waals surface area contributed by atoms with Crippen LogP contribution in [0, 0.1) is 0 Å². The van der Waals surface area contributed by atoms with Crippen LogP contribution in [0.5, 0.6) is 0 Å². The first-order chi connectivity index (χ1) is 10.2. The van der Waals surface area contributed by atoms with Gasteiger partial charge in [0, 0.05) is 6.54 Å². The number of aromatic nitrogens is 3. The summed E-state index contributed by atoms with van der Waals surface area (Å²) in [5.41, 5.74) is 0.250. The van der Waals surface area contributed by atoms with E-state index < -0.39 is 0 Å². The van der Waals surface area contributed by atoms with E-state index in [-0.39, 0.29) is 18.0 Å². The van der Waals surface area contributed by atoms with Gasteiger partial charge in [0.15, 0.2) is 0 Å². The molecular formula is C15H20N4O2. The zero-order chi connectivity index (χ0) is 15.1. The Labute approximate surface area is 123 Å². The van der Waals surface area contributed by atoms with Gasteiger partial charge in [-0.05, 0) is 18.6 Å². The summed E-state index contributed by atoms with van der Waals surface area (Å²) in [7, 11) is 0. The highest BCUT2D eigenvalue weighted by Crippen LogP contribution is 2.03. The molecule has 1 aromatic carbocycles. The van der Waals surface area contributed by atoms with E-state index in [1.54, 1.807) is 24.3 Å². The molecule has 0 aliphatic carbocycles. The summed E-state index contributed by atoms with van der Waals surface area (Å²) < 4.78 is 1.10. The minimum absolute atomic E-state index is 0.0928. The van der Waals surface area contributed by atoms with Crippen LogP contribution in [0.4, 0.5) is 0 Å². The highest BCUT2D eigenvalue weighted by molar-refractivity contribution is 5.78. The van der Waals surface area contributed by atoms with Crippen molar-refractivity contribution in [3.63, 3.8) is 0 Å². The zero-order valence-corrected chi connectivity index (χ0v) is 12.2. The summed E-state index contributed by atoms with van der Waals surface area (Å²) in [5, 5.41) is 11.0. The third kappa shape index (κ3) is 4.11. The SMILES string of the molecule is CCCCCCNC(=O)Cn1nnc2ccccc2c1=O. The summed E-state index contributed by atoms with van der Waals surface area (Å²) in [6.07, 6.45) is 4.39. The van der Waals surface area contributed by atoms with Crippen molar-refractivity contribution in [2.75, 3.05) is 6.54 Å². The molecule has 0 atom stereocenters. The van der Waals surface area contributed by atoms with E-state index in [2.05, 4.69) is 22.6 Å². The summed E-state index contributed by atoms with van der Waals surface area (Å²) >= 11 is 0. The Hall–Kier alpha value is -2.24. The first-order valence-electron chi connectivity index (χ1n) is 7.31. The van der Waals surface area contributed by atoms with Crippen LogP contribution in [0.3, 0.4) is 0 Å². The van der Waals surface area contributed by atoms with E-state index >= 15 is 0 Å². The first-order valence-corrected chi connectivity index (χ1v) is 7.31. The monoisotopic (exact) mass is 288 g/mol. The number of hydrogen-bond donors (Lipinski definition) is 1. The van der Waals surface area contributed by atoms with Crippen LogP contribution >= 0.6 is 0 Å². The second-order valence-electron chi connectivity index (χ2n) is 4.98. The maximum Gasteiger partial charge on any atom is 0.278 e. The number of carbonyl (C=O) groups excluding carboxylic acids is 1. The maximum atomic E-state index is 12.2. The quantitative estimate of drug-likeness (QED) is 0.783. The Morgan fingerprint density at radius 2 is 2.05 bits per heavy atom. The van der Waals surface area contributed by atoms with Gasteiger partial charge in [-0.25, -0.2) is 4.68 Å². The van der Waals surface area contributed by atoms with E-state index in [9.17, 15) is 9.59 Å². The number of nitrogens with one attached hydrogen (secondary N) is 1. The van der Waals surface area contributed by atoms with Crippen LogP contribution < -0.4 is 10.9 Å². The van der Waals surface area contributed by atoms with Gasteiger partial charge in [0.2, 0.25) is 5.91 Å². The molecule has 0 bridgehead atoms. The molecule has 0 aliphatic rings. The molecule has 0 saturated carbocycles. The minimum atomic E-state index is -0.290. The molecule has 0 spiro atoms. The van der Waals surface area contributed by atoms with Crippen LogP contribution in [0.2, 0.25) is 0 Å². The summed E-state index contributed by atoms with van der Waals surface area (Å²) in [6, 6.07) is 6.97. The van der Waals surface area contributed by atoms with Gasteiger partial charge in [-0.3, -0.25) is 9.59 Å². The smallest absolute Gasteiger partial charge is 0.278 e. The Morgan fingerprint density at radius 1 is 1.24 bits per heavy atom. The fourth-order valence-electron chi connectivity index (χ4n) is 2.10. The predicted molar refractivity (Wildman–Crippen MR) is 80.9 cm³/mol. The summed E-state index contributed by atoms with van der Waals surface area (Å²) in [5.74, 6) is -0.210. The van der Waals surface area contributed by atoms with E-state index in [4.69, 9.17) is 0 Å². The number of amides is 1. The van der Waals surface area contributed by atoms with Crippen molar-refractivity contribution in [3.8, 4) is 0 Å². The van der Waals surface area contributed by atoms with Gasteiger partial charge in [0.05, 0.1) is 5.39 Å². The molecule has 0 aliphatic heterocycles. The molecule has 0 radical (unpaired) electrons. The summed E-state index contributed by atoms with van der Waals surface area (Å²) in [4.78, 5) is 24.0. The lowest BCUT2D eigenvalue weighted by Crippen LogP contribution is -2.34. The third-order valence-corrected chi connectivity index (χ3v) is 3.28. The summed E-state index contributed by atoms with van der Waals surface area (Å²) in [6.45, 7) is 2.68. The first kappa shape index (κ1) is 15.2. The largest absolute Gasteiger partial charge is 0.354 e. The van der Waals surface area contributed by atoms with Crippen molar-refractivity contribution in [1.82, 2.24) is 20.3 Å². The molecule has 0 unspecified atom stereocenters. The fraction of sp³-hybridized carbons (Fsp3) is 0.467. The van der Waals surface area contributed by atoms with Crippen molar-refractivity contribution >= 4 is 16.8 Å². The molecule has 0 fully saturated rings. The lowest BCUT2D eigenvalue weighted by atomic mass is 10.2. The second kappa shape index (κ2) is 7.52. The van der Waals surface area contributed by atoms with Gasteiger partial charge >= 0.3 is 0 Å². The maximum absolute atomic E-state index is 12.2. The van der Waals surface area contributed by atoms with Crippen LogP contribution in [0.15, 0.2) is 29.1 Å². The average molecular weight is 288 g/mol. The van der Waals surface area contributed by atoms with Gasteiger partial charge in [0.25, 0.3) is 5.56 Å². The Balaban J connectivity index is 1.95. The van der Waals surface area contributed by atoms with Gasteiger partial charge in [-0.2, -0.15) is 0 Å². The molecule has 1 amide bonds. The Morgan fingerprint density at radius 3 is 2.86 bits per heavy atom. The highest BCUT2D eigenvalue weighted by atomic mass is 16.2. The normalized spacial score (nSPS) is 10.7. The van der Waals surface area contributed by atoms with E-state index in [0.29, 0.717) is 17.4 Å². The number of hydrogen-bond acceptors (Lipinski definition) is 4. The molecule has 6 nitrogen and oxygen atoms in total. The van der Waals surface area contributed by atoms with E-state index in [1.807, 2.05) is 0 Å². The lowest BCUT2D eigenvalue weighted by molar-refractivity contribution is -0.121. The number of unbranched alkanes of at least 4 members (excludes halogenated alkanes) is 3. The minimum Gasteiger partial charge on any atom is -0.354 e.